The number of fused-ring (bicyclic) bond motifs is 14. The molecular weight excluding hydrogens is 666 g/mol. The smallest absolute Gasteiger partial charge is 0.312 e. The Morgan fingerprint density at radius 3 is 2.16 bits per heavy atom. The standard InChI is InChI=1S/C37H45NO13/c1-15-11-10-12-16(2)36(47)38-26-30(43)24-23(31(44)32(26)45)25-34(20(6)29(24)42)51-37(8,35(25)46)49-14-13-22(48-9)17(3)33(50-21(7)39)19(5)28(41)18(4)27(15)40/h10-15,17-19,22,27-28,33,40-43H,1-9H3,(H,38,47)/b11-10-,14-13?,16-12-/t15-,17+,18+,19+,22-,27-,28+,33+,37-/m0/s1. The van der Waals surface area contributed by atoms with E-state index in [9.17, 15) is 44.4 Å². The van der Waals surface area contributed by atoms with Crippen LogP contribution >= 0.6 is 0 Å². The van der Waals surface area contributed by atoms with Crippen molar-refractivity contribution >= 4 is 35.0 Å². The number of hydrogen-bond acceptors (Lipinski definition) is 13. The highest BCUT2D eigenvalue weighted by molar-refractivity contribution is 6.53. The first-order valence-electron chi connectivity index (χ1n) is 16.5. The summed E-state index contributed by atoms with van der Waals surface area (Å²) in [5.74, 6) is -11.5. The van der Waals surface area contributed by atoms with Crippen molar-refractivity contribution < 1.29 is 63.3 Å². The number of ketones is 3. The number of methoxy groups -OCH3 is 1. The average molecular weight is 712 g/mol. The summed E-state index contributed by atoms with van der Waals surface area (Å²) < 4.78 is 23.0. The third-order valence-corrected chi connectivity index (χ3v) is 9.93. The van der Waals surface area contributed by atoms with Gasteiger partial charge >= 0.3 is 11.8 Å². The van der Waals surface area contributed by atoms with Gasteiger partial charge in [-0.05, 0) is 19.9 Å². The molecular formula is C37H45NO13. The van der Waals surface area contributed by atoms with E-state index in [4.69, 9.17) is 18.9 Å². The van der Waals surface area contributed by atoms with E-state index in [1.165, 1.54) is 53.0 Å². The van der Waals surface area contributed by atoms with Crippen LogP contribution in [0.25, 0.3) is 5.76 Å². The largest absolute Gasteiger partial charge is 0.507 e. The molecule has 5 bridgehead atoms. The van der Waals surface area contributed by atoms with E-state index >= 15 is 0 Å². The van der Waals surface area contributed by atoms with Gasteiger partial charge in [0.25, 0.3) is 17.5 Å². The van der Waals surface area contributed by atoms with Gasteiger partial charge in [0.2, 0.25) is 5.78 Å². The molecule has 0 saturated heterocycles. The monoisotopic (exact) mass is 711 g/mol. The predicted octanol–water partition coefficient (Wildman–Crippen LogP) is 3.36. The van der Waals surface area contributed by atoms with E-state index in [0.717, 1.165) is 6.26 Å². The van der Waals surface area contributed by atoms with Crippen molar-refractivity contribution in [2.75, 3.05) is 7.11 Å². The number of aliphatic hydroxyl groups is 3. The van der Waals surface area contributed by atoms with Gasteiger partial charge in [0, 0.05) is 55.8 Å². The average Bonchev–Trinajstić information content (AvgIpc) is 3.35. The summed E-state index contributed by atoms with van der Waals surface area (Å²) in [6, 6.07) is 0. The number of nitrogens with one attached hydrogen (secondary N) is 1. The summed E-state index contributed by atoms with van der Waals surface area (Å²) in [5.41, 5.74) is -2.34. The molecule has 1 aliphatic carbocycles. The van der Waals surface area contributed by atoms with Gasteiger partial charge in [0.15, 0.2) is 5.76 Å². The Morgan fingerprint density at radius 2 is 1.55 bits per heavy atom. The van der Waals surface area contributed by atoms with Crippen molar-refractivity contribution in [1.29, 1.82) is 0 Å². The number of rotatable bonds is 2. The van der Waals surface area contributed by atoms with Crippen LogP contribution in [-0.4, -0.2) is 87.0 Å². The topological polar surface area (TPSA) is 215 Å². The fourth-order valence-electron chi connectivity index (χ4n) is 6.68. The molecule has 5 rings (SSSR count). The molecule has 1 amide bonds. The number of benzene rings is 1. The van der Waals surface area contributed by atoms with Crippen LogP contribution in [0.3, 0.4) is 0 Å². The zero-order chi connectivity index (χ0) is 38.3. The van der Waals surface area contributed by atoms with Gasteiger partial charge in [0.05, 0.1) is 41.3 Å². The van der Waals surface area contributed by atoms with E-state index in [0.29, 0.717) is 0 Å². The Bertz CT molecular complexity index is 1770. The molecule has 1 aromatic carbocycles. The molecule has 3 heterocycles. The summed E-state index contributed by atoms with van der Waals surface area (Å²) in [5, 5.41) is 47.1. The summed E-state index contributed by atoms with van der Waals surface area (Å²) in [6.07, 6.45) is 3.05. The SMILES string of the molecule is CO[C@H]1C=CO[C@@]2(C)Oc3c(C)c(O)c4c(c3C2=O)C(=O)C(=O)C(=C4O)NC(=O)/C(C)=C\C=C/[C@H](C)[C@H](O)[C@@H](C)[C@@H](O)[C@@H](C)[C@H](OC(C)=O)[C@@H]1C. The Balaban J connectivity index is 1.88. The van der Waals surface area contributed by atoms with Crippen LogP contribution < -0.4 is 10.1 Å². The van der Waals surface area contributed by atoms with Crippen molar-refractivity contribution in [3.8, 4) is 11.5 Å². The molecule has 14 nitrogen and oxygen atoms in total. The number of hydrogen-bond donors (Lipinski definition) is 5. The van der Waals surface area contributed by atoms with Gasteiger partial charge in [-0.3, -0.25) is 24.0 Å². The van der Waals surface area contributed by atoms with E-state index in [1.54, 1.807) is 33.8 Å². The molecule has 276 valence electrons. The molecule has 14 heteroatoms. The van der Waals surface area contributed by atoms with Crippen molar-refractivity contribution in [2.24, 2.45) is 23.7 Å². The number of aromatic hydroxyl groups is 1. The van der Waals surface area contributed by atoms with Gasteiger partial charge in [-0.2, -0.15) is 0 Å². The number of phenols is 1. The number of carbonyl (C=O) groups excluding carboxylic acids is 5. The molecule has 4 aliphatic rings. The maximum Gasteiger partial charge on any atom is 0.312 e. The number of esters is 1. The molecule has 0 saturated carbocycles. The molecule has 0 fully saturated rings. The highest BCUT2D eigenvalue weighted by Gasteiger charge is 2.53. The molecule has 5 N–H and O–H groups in total. The Labute approximate surface area is 295 Å². The normalized spacial score (nSPS) is 33.6. The number of allylic oxidation sites excluding steroid dienone is 3. The Hall–Kier alpha value is -4.79. The van der Waals surface area contributed by atoms with Crippen LogP contribution in [0.4, 0.5) is 0 Å². The lowest BCUT2D eigenvalue weighted by Gasteiger charge is -2.38. The Morgan fingerprint density at radius 1 is 0.902 bits per heavy atom. The van der Waals surface area contributed by atoms with Crippen molar-refractivity contribution in [3.05, 3.63) is 64.1 Å². The number of amides is 1. The first-order chi connectivity index (χ1) is 23.8. The second-order valence-electron chi connectivity index (χ2n) is 13.5. The van der Waals surface area contributed by atoms with Gasteiger partial charge in [-0.15, -0.1) is 0 Å². The highest BCUT2D eigenvalue weighted by Crippen LogP contribution is 2.49. The van der Waals surface area contributed by atoms with Crippen molar-refractivity contribution in [1.82, 2.24) is 5.32 Å². The minimum absolute atomic E-state index is 0.0419. The molecule has 1 aromatic rings. The summed E-state index contributed by atoms with van der Waals surface area (Å²) in [6.45, 7) is 12.0. The summed E-state index contributed by atoms with van der Waals surface area (Å²) >= 11 is 0. The zero-order valence-corrected chi connectivity index (χ0v) is 30.0. The van der Waals surface area contributed by atoms with E-state index in [-0.39, 0.29) is 16.9 Å². The first kappa shape index (κ1) is 39.0. The fraction of sp³-hybridized carbons (Fsp3) is 0.486. The maximum absolute atomic E-state index is 13.9. The number of Topliss-reactive ketones (excluding diaryl/α,β-unsaturated/α-hetero) is 3. The predicted molar refractivity (Wildman–Crippen MR) is 181 cm³/mol. The second kappa shape index (κ2) is 14.8. The summed E-state index contributed by atoms with van der Waals surface area (Å²) in [7, 11) is 1.40. The highest BCUT2D eigenvalue weighted by atomic mass is 16.7. The minimum atomic E-state index is -2.12. The number of phenolic OH excluding ortho intramolecular Hbond substituents is 1. The molecule has 0 radical (unpaired) electrons. The quantitative estimate of drug-likeness (QED) is 0.220. The minimum Gasteiger partial charge on any atom is -0.507 e. The fourth-order valence-corrected chi connectivity index (χ4v) is 6.68. The van der Waals surface area contributed by atoms with Crippen LogP contribution in [-0.2, 0) is 28.6 Å². The van der Waals surface area contributed by atoms with E-state index in [2.05, 4.69) is 5.32 Å². The van der Waals surface area contributed by atoms with Crippen LogP contribution in [0.2, 0.25) is 0 Å². The van der Waals surface area contributed by atoms with E-state index in [1.807, 2.05) is 0 Å². The maximum atomic E-state index is 13.9. The van der Waals surface area contributed by atoms with E-state index < -0.39 is 117 Å². The van der Waals surface area contributed by atoms with Crippen LogP contribution in [0, 0.1) is 30.6 Å². The van der Waals surface area contributed by atoms with Gasteiger partial charge < -0.3 is 44.7 Å². The third-order valence-electron chi connectivity index (χ3n) is 9.93. The molecule has 9 atom stereocenters. The number of ether oxygens (including phenoxy) is 4. The van der Waals surface area contributed by atoms with Gasteiger partial charge in [-0.1, -0.05) is 45.9 Å². The lowest BCUT2D eigenvalue weighted by Crippen LogP contribution is -2.46. The zero-order valence-electron chi connectivity index (χ0n) is 30.0. The lowest BCUT2D eigenvalue weighted by molar-refractivity contribution is -0.160. The molecule has 0 spiro atoms. The molecule has 3 aliphatic heterocycles. The van der Waals surface area contributed by atoms with Crippen LogP contribution in [0.5, 0.6) is 11.5 Å². The second-order valence-corrected chi connectivity index (χ2v) is 13.5. The van der Waals surface area contributed by atoms with Gasteiger partial charge in [0.1, 0.15) is 23.3 Å². The first-order valence-corrected chi connectivity index (χ1v) is 16.5. The molecule has 51 heavy (non-hydrogen) atoms. The van der Waals surface area contributed by atoms with Crippen LogP contribution in [0.15, 0.2) is 41.8 Å². The molecule has 0 unspecified atom stereocenters. The lowest BCUT2D eigenvalue weighted by atomic mass is 9.78. The Kier molecular flexibility index (Phi) is 11.3. The third kappa shape index (κ3) is 7.08. The van der Waals surface area contributed by atoms with Crippen molar-refractivity contribution in [2.45, 2.75) is 85.6 Å². The molecule has 0 aromatic heterocycles. The number of aliphatic hydroxyl groups excluding tert-OH is 3. The van der Waals surface area contributed by atoms with Gasteiger partial charge in [-0.25, -0.2) is 0 Å². The summed E-state index contributed by atoms with van der Waals surface area (Å²) in [4.78, 5) is 66.0. The van der Waals surface area contributed by atoms with Crippen molar-refractivity contribution in [3.63, 3.8) is 0 Å². The number of carbonyl (C=O) groups is 5. The van der Waals surface area contributed by atoms with Crippen LogP contribution in [0.1, 0.15) is 80.3 Å².